The molecule has 1 aromatic carbocycles. The molecule has 5 heteroatoms. The zero-order chi connectivity index (χ0) is 11.5. The molecule has 0 fully saturated rings. The van der Waals surface area contributed by atoms with E-state index >= 15 is 0 Å². The lowest BCUT2D eigenvalue weighted by molar-refractivity contribution is 0.768. The topological polar surface area (TPSA) is 55.9 Å². The molecule has 16 heavy (non-hydrogen) atoms. The maximum Gasteiger partial charge on any atom is 0.0729 e. The highest BCUT2D eigenvalue weighted by atomic mass is 79.9. The summed E-state index contributed by atoms with van der Waals surface area (Å²) < 4.78 is 2.69. The number of nitrogens with two attached hydrogens (primary N) is 1. The van der Waals surface area contributed by atoms with Crippen LogP contribution in [0.3, 0.4) is 0 Å². The monoisotopic (exact) mass is 280 g/mol. The van der Waals surface area contributed by atoms with E-state index in [0.717, 1.165) is 22.4 Å². The third kappa shape index (κ3) is 2.55. The van der Waals surface area contributed by atoms with Gasteiger partial charge in [-0.05, 0) is 33.6 Å². The zero-order valence-electron chi connectivity index (χ0n) is 8.94. The second kappa shape index (κ2) is 4.57. The van der Waals surface area contributed by atoms with E-state index in [1.807, 2.05) is 31.4 Å². The summed E-state index contributed by atoms with van der Waals surface area (Å²) in [4.78, 5) is 0. The standard InChI is InChI=1S/C11H13BrN4/c1-16-7-9(6-15-16)14-5-8-2-3-11(13)10(12)4-8/h2-4,6-7,14H,5,13H2,1H3. The number of rotatable bonds is 3. The zero-order valence-corrected chi connectivity index (χ0v) is 10.5. The van der Waals surface area contributed by atoms with Gasteiger partial charge in [0.25, 0.3) is 0 Å². The Morgan fingerprint density at radius 2 is 2.31 bits per heavy atom. The third-order valence-corrected chi connectivity index (χ3v) is 2.95. The molecule has 0 amide bonds. The average Bonchev–Trinajstić information content (AvgIpc) is 2.66. The highest BCUT2D eigenvalue weighted by molar-refractivity contribution is 9.10. The number of aryl methyl sites for hydroxylation is 1. The van der Waals surface area contributed by atoms with Gasteiger partial charge in [0.1, 0.15) is 0 Å². The van der Waals surface area contributed by atoms with Crippen LogP contribution in [0.4, 0.5) is 11.4 Å². The first-order chi connectivity index (χ1) is 7.65. The SMILES string of the molecule is Cn1cc(NCc2ccc(N)c(Br)c2)cn1. The van der Waals surface area contributed by atoms with Gasteiger partial charge in [0.2, 0.25) is 0 Å². The van der Waals surface area contributed by atoms with E-state index in [1.165, 1.54) is 5.56 Å². The number of nitrogen functional groups attached to an aromatic ring is 1. The van der Waals surface area contributed by atoms with Gasteiger partial charge in [-0.1, -0.05) is 6.07 Å². The first-order valence-corrected chi connectivity index (χ1v) is 5.71. The van der Waals surface area contributed by atoms with Crippen LogP contribution in [0.5, 0.6) is 0 Å². The number of anilines is 2. The predicted molar refractivity (Wildman–Crippen MR) is 69.1 cm³/mol. The molecule has 0 saturated carbocycles. The van der Waals surface area contributed by atoms with Crippen molar-refractivity contribution in [2.75, 3.05) is 11.1 Å². The van der Waals surface area contributed by atoms with Crippen LogP contribution in [0.25, 0.3) is 0 Å². The molecule has 0 saturated heterocycles. The fraction of sp³-hybridized carbons (Fsp3) is 0.182. The first kappa shape index (κ1) is 11.0. The first-order valence-electron chi connectivity index (χ1n) is 4.91. The minimum Gasteiger partial charge on any atom is -0.398 e. The summed E-state index contributed by atoms with van der Waals surface area (Å²) in [5.41, 5.74) is 8.65. The van der Waals surface area contributed by atoms with Crippen molar-refractivity contribution in [3.63, 3.8) is 0 Å². The molecule has 0 aliphatic rings. The number of halogens is 1. The fourth-order valence-corrected chi connectivity index (χ4v) is 1.82. The van der Waals surface area contributed by atoms with Gasteiger partial charge in [0, 0.05) is 29.9 Å². The largest absolute Gasteiger partial charge is 0.398 e. The second-order valence-corrected chi connectivity index (χ2v) is 4.47. The van der Waals surface area contributed by atoms with Gasteiger partial charge in [-0.15, -0.1) is 0 Å². The molecular weight excluding hydrogens is 268 g/mol. The molecule has 1 heterocycles. The van der Waals surface area contributed by atoms with Crippen LogP contribution in [0.2, 0.25) is 0 Å². The van der Waals surface area contributed by atoms with Crippen LogP contribution >= 0.6 is 15.9 Å². The lowest BCUT2D eigenvalue weighted by atomic mass is 10.2. The summed E-state index contributed by atoms with van der Waals surface area (Å²) in [5.74, 6) is 0. The van der Waals surface area contributed by atoms with Crippen molar-refractivity contribution >= 4 is 27.3 Å². The highest BCUT2D eigenvalue weighted by Crippen LogP contribution is 2.20. The van der Waals surface area contributed by atoms with Crippen LogP contribution in [0.15, 0.2) is 35.1 Å². The van der Waals surface area contributed by atoms with Gasteiger partial charge in [0.05, 0.1) is 11.9 Å². The molecule has 3 N–H and O–H groups in total. The molecule has 0 bridgehead atoms. The van der Waals surface area contributed by atoms with Crippen molar-refractivity contribution in [3.05, 3.63) is 40.6 Å². The van der Waals surface area contributed by atoms with Crippen molar-refractivity contribution in [2.24, 2.45) is 7.05 Å². The third-order valence-electron chi connectivity index (χ3n) is 2.27. The maximum atomic E-state index is 5.72. The normalized spacial score (nSPS) is 10.4. The van der Waals surface area contributed by atoms with Crippen LogP contribution in [0, 0.1) is 0 Å². The van der Waals surface area contributed by atoms with Gasteiger partial charge < -0.3 is 11.1 Å². The van der Waals surface area contributed by atoms with Gasteiger partial charge >= 0.3 is 0 Å². The Morgan fingerprint density at radius 1 is 1.50 bits per heavy atom. The minimum atomic E-state index is 0.755. The molecule has 1 aromatic heterocycles. The number of aromatic nitrogens is 2. The second-order valence-electron chi connectivity index (χ2n) is 3.61. The Hall–Kier alpha value is -1.49. The van der Waals surface area contributed by atoms with E-state index in [9.17, 15) is 0 Å². The van der Waals surface area contributed by atoms with Crippen molar-refractivity contribution in [2.45, 2.75) is 6.54 Å². The van der Waals surface area contributed by atoms with Crippen LogP contribution in [0.1, 0.15) is 5.56 Å². The molecular formula is C11H13BrN4. The van der Waals surface area contributed by atoms with Crippen molar-refractivity contribution in [1.82, 2.24) is 9.78 Å². The Kier molecular flexibility index (Phi) is 3.14. The van der Waals surface area contributed by atoms with Crippen molar-refractivity contribution < 1.29 is 0 Å². The Morgan fingerprint density at radius 3 is 2.94 bits per heavy atom. The molecule has 2 rings (SSSR count). The molecule has 84 valence electrons. The van der Waals surface area contributed by atoms with E-state index in [1.54, 1.807) is 10.9 Å². The number of hydrogen-bond acceptors (Lipinski definition) is 3. The summed E-state index contributed by atoms with van der Waals surface area (Å²) in [5, 5.41) is 7.37. The maximum absolute atomic E-state index is 5.72. The van der Waals surface area contributed by atoms with Crippen molar-refractivity contribution in [1.29, 1.82) is 0 Å². The predicted octanol–water partition coefficient (Wildman–Crippen LogP) is 2.38. The molecule has 0 aliphatic heterocycles. The molecule has 0 atom stereocenters. The molecule has 0 aliphatic carbocycles. The lowest BCUT2D eigenvalue weighted by Gasteiger charge is -2.05. The van der Waals surface area contributed by atoms with Gasteiger partial charge in [-0.2, -0.15) is 5.10 Å². The molecule has 2 aromatic rings. The van der Waals surface area contributed by atoms with Gasteiger partial charge in [-0.3, -0.25) is 4.68 Å². The highest BCUT2D eigenvalue weighted by Gasteiger charge is 1.99. The molecule has 4 nitrogen and oxygen atoms in total. The smallest absolute Gasteiger partial charge is 0.0729 e. The number of nitrogens with one attached hydrogen (secondary N) is 1. The Labute approximate surface area is 103 Å². The summed E-state index contributed by atoms with van der Waals surface area (Å²) in [6.07, 6.45) is 3.73. The van der Waals surface area contributed by atoms with Crippen LogP contribution in [-0.2, 0) is 13.6 Å². The number of hydrogen-bond donors (Lipinski definition) is 2. The molecule has 0 radical (unpaired) electrons. The van der Waals surface area contributed by atoms with E-state index in [4.69, 9.17) is 5.73 Å². The summed E-state index contributed by atoms with van der Waals surface area (Å²) in [6.45, 7) is 0.755. The van der Waals surface area contributed by atoms with Crippen LogP contribution < -0.4 is 11.1 Å². The summed E-state index contributed by atoms with van der Waals surface area (Å²) in [7, 11) is 1.89. The fourth-order valence-electron chi connectivity index (χ4n) is 1.40. The average molecular weight is 281 g/mol. The van der Waals surface area contributed by atoms with Crippen molar-refractivity contribution in [3.8, 4) is 0 Å². The Bertz CT molecular complexity index is 492. The van der Waals surface area contributed by atoms with E-state index < -0.39 is 0 Å². The van der Waals surface area contributed by atoms with E-state index in [-0.39, 0.29) is 0 Å². The molecule has 0 unspecified atom stereocenters. The van der Waals surface area contributed by atoms with Gasteiger partial charge in [-0.25, -0.2) is 0 Å². The van der Waals surface area contributed by atoms with Gasteiger partial charge in [0.15, 0.2) is 0 Å². The van der Waals surface area contributed by atoms with E-state index in [2.05, 4.69) is 26.3 Å². The molecule has 0 spiro atoms. The summed E-state index contributed by atoms with van der Waals surface area (Å²) >= 11 is 3.41. The number of benzene rings is 1. The summed E-state index contributed by atoms with van der Waals surface area (Å²) in [6, 6.07) is 5.91. The van der Waals surface area contributed by atoms with E-state index in [0.29, 0.717) is 0 Å². The lowest BCUT2D eigenvalue weighted by Crippen LogP contribution is -1.99. The van der Waals surface area contributed by atoms with Crippen LogP contribution in [-0.4, -0.2) is 9.78 Å². The quantitative estimate of drug-likeness (QED) is 0.849. The Balaban J connectivity index is 2.02. The number of nitrogens with zero attached hydrogens (tertiary/aromatic N) is 2. The minimum absolute atomic E-state index is 0.755.